The van der Waals surface area contributed by atoms with Gasteiger partial charge in [0.2, 0.25) is 0 Å². The first-order chi connectivity index (χ1) is 12.2. The molecule has 0 radical (unpaired) electrons. The van der Waals surface area contributed by atoms with Crippen molar-refractivity contribution in [2.24, 2.45) is 5.92 Å². The molecule has 25 heavy (non-hydrogen) atoms. The number of carbonyl (C=O) groups is 1. The van der Waals surface area contributed by atoms with Gasteiger partial charge < -0.3 is 20.1 Å². The molecule has 5 nitrogen and oxygen atoms in total. The standard InChI is InChI=1S/C20H30N2O3/c1-25-12-11-22-10-4-2-3-5-19(23)17-13-16(8-9-18(17)22)20(24)21-14-15-6-7-15/h8-9,13,15,19,23H,2-7,10-12,14H2,1H3,(H,21,24)/t19-/m0/s1. The number of benzene rings is 1. The summed E-state index contributed by atoms with van der Waals surface area (Å²) in [4.78, 5) is 14.7. The van der Waals surface area contributed by atoms with Crippen LogP contribution in [0.5, 0.6) is 0 Å². The number of hydrogen-bond acceptors (Lipinski definition) is 4. The average molecular weight is 346 g/mol. The minimum absolute atomic E-state index is 0.0368. The molecule has 1 aromatic carbocycles. The first-order valence-electron chi connectivity index (χ1n) is 9.53. The van der Waals surface area contributed by atoms with E-state index in [1.807, 2.05) is 18.2 Å². The van der Waals surface area contributed by atoms with E-state index in [-0.39, 0.29) is 5.91 Å². The molecular formula is C20H30N2O3. The topological polar surface area (TPSA) is 61.8 Å². The van der Waals surface area contributed by atoms with Gasteiger partial charge >= 0.3 is 0 Å². The summed E-state index contributed by atoms with van der Waals surface area (Å²) in [5.41, 5.74) is 2.55. The van der Waals surface area contributed by atoms with Crippen molar-refractivity contribution in [3.8, 4) is 0 Å². The van der Waals surface area contributed by atoms with E-state index in [2.05, 4.69) is 10.2 Å². The Morgan fingerprint density at radius 2 is 2.12 bits per heavy atom. The van der Waals surface area contributed by atoms with E-state index in [0.717, 1.165) is 56.6 Å². The highest BCUT2D eigenvalue weighted by atomic mass is 16.5. The highest BCUT2D eigenvalue weighted by Gasteiger charge is 2.23. The molecule has 2 N–H and O–H groups in total. The summed E-state index contributed by atoms with van der Waals surface area (Å²) in [5.74, 6) is 0.622. The molecule has 1 saturated carbocycles. The molecular weight excluding hydrogens is 316 g/mol. The summed E-state index contributed by atoms with van der Waals surface area (Å²) in [6.07, 6.45) is 5.90. The molecule has 3 rings (SSSR count). The Morgan fingerprint density at radius 3 is 2.88 bits per heavy atom. The predicted molar refractivity (Wildman–Crippen MR) is 99.0 cm³/mol. The molecule has 0 saturated heterocycles. The van der Waals surface area contributed by atoms with Crippen LogP contribution >= 0.6 is 0 Å². The minimum Gasteiger partial charge on any atom is -0.388 e. The van der Waals surface area contributed by atoms with Crippen molar-refractivity contribution in [1.29, 1.82) is 0 Å². The van der Waals surface area contributed by atoms with E-state index in [1.54, 1.807) is 7.11 Å². The lowest BCUT2D eigenvalue weighted by molar-refractivity contribution is 0.0951. The molecule has 1 aromatic rings. The number of methoxy groups -OCH3 is 1. The molecule has 1 fully saturated rings. The minimum atomic E-state index is -0.519. The number of carbonyl (C=O) groups excluding carboxylic acids is 1. The number of fused-ring (bicyclic) bond motifs is 1. The van der Waals surface area contributed by atoms with Crippen LogP contribution in [0.15, 0.2) is 18.2 Å². The van der Waals surface area contributed by atoms with Gasteiger partial charge in [-0.25, -0.2) is 0 Å². The highest BCUT2D eigenvalue weighted by Crippen LogP contribution is 2.33. The zero-order valence-corrected chi connectivity index (χ0v) is 15.2. The summed E-state index contributed by atoms with van der Waals surface area (Å²) >= 11 is 0. The van der Waals surface area contributed by atoms with Gasteiger partial charge in [-0.3, -0.25) is 4.79 Å². The third-order valence-electron chi connectivity index (χ3n) is 5.21. The number of anilines is 1. The van der Waals surface area contributed by atoms with Crippen molar-refractivity contribution < 1.29 is 14.6 Å². The van der Waals surface area contributed by atoms with Gasteiger partial charge in [0.25, 0.3) is 5.91 Å². The maximum absolute atomic E-state index is 12.4. The monoisotopic (exact) mass is 346 g/mol. The molecule has 1 atom stereocenters. The SMILES string of the molecule is COCCN1CCCCC[C@H](O)c2cc(C(=O)NCC3CC3)ccc21. The molecule has 1 aliphatic carbocycles. The molecule has 0 bridgehead atoms. The van der Waals surface area contributed by atoms with Crippen LogP contribution in [-0.2, 0) is 4.74 Å². The number of aliphatic hydroxyl groups is 1. The van der Waals surface area contributed by atoms with Gasteiger partial charge in [0.1, 0.15) is 0 Å². The molecule has 1 heterocycles. The first kappa shape index (κ1) is 18.2. The van der Waals surface area contributed by atoms with Crippen LogP contribution in [0.1, 0.15) is 60.6 Å². The third-order valence-corrected chi connectivity index (χ3v) is 5.21. The van der Waals surface area contributed by atoms with Crippen LogP contribution in [0.2, 0.25) is 0 Å². The van der Waals surface area contributed by atoms with Gasteiger partial charge in [0, 0.05) is 43.6 Å². The Labute approximate surface area is 150 Å². The van der Waals surface area contributed by atoms with E-state index >= 15 is 0 Å². The fourth-order valence-corrected chi connectivity index (χ4v) is 3.44. The number of amides is 1. The second kappa shape index (κ2) is 8.68. The summed E-state index contributed by atoms with van der Waals surface area (Å²) in [5, 5.41) is 13.7. The molecule has 5 heteroatoms. The summed E-state index contributed by atoms with van der Waals surface area (Å²) in [7, 11) is 1.71. The Hall–Kier alpha value is -1.59. The lowest BCUT2D eigenvalue weighted by atomic mass is 9.99. The Kier molecular flexibility index (Phi) is 6.32. The van der Waals surface area contributed by atoms with E-state index in [0.29, 0.717) is 18.1 Å². The van der Waals surface area contributed by atoms with Gasteiger partial charge in [-0.2, -0.15) is 0 Å². The van der Waals surface area contributed by atoms with Crippen molar-refractivity contribution in [2.75, 3.05) is 38.3 Å². The largest absolute Gasteiger partial charge is 0.388 e. The van der Waals surface area contributed by atoms with Crippen LogP contribution in [0.4, 0.5) is 5.69 Å². The predicted octanol–water partition coefficient (Wildman–Crippen LogP) is 2.89. The quantitative estimate of drug-likeness (QED) is 0.831. The molecule has 0 unspecified atom stereocenters. The van der Waals surface area contributed by atoms with Crippen molar-refractivity contribution in [3.63, 3.8) is 0 Å². The maximum Gasteiger partial charge on any atom is 0.251 e. The van der Waals surface area contributed by atoms with Crippen LogP contribution < -0.4 is 10.2 Å². The number of rotatable bonds is 6. The molecule has 138 valence electrons. The number of nitrogens with one attached hydrogen (secondary N) is 1. The number of hydrogen-bond donors (Lipinski definition) is 2. The normalized spacial score (nSPS) is 21.0. The van der Waals surface area contributed by atoms with Crippen molar-refractivity contribution >= 4 is 11.6 Å². The number of nitrogens with zero attached hydrogens (tertiary/aromatic N) is 1. The molecule has 1 amide bonds. The Bertz CT molecular complexity index is 586. The number of ether oxygens (including phenoxy) is 1. The highest BCUT2D eigenvalue weighted by molar-refractivity contribution is 5.95. The van der Waals surface area contributed by atoms with Gasteiger partial charge in [0.15, 0.2) is 0 Å². The van der Waals surface area contributed by atoms with E-state index in [9.17, 15) is 9.90 Å². The van der Waals surface area contributed by atoms with Gasteiger partial charge in [-0.15, -0.1) is 0 Å². The van der Waals surface area contributed by atoms with Crippen molar-refractivity contribution in [1.82, 2.24) is 5.32 Å². The van der Waals surface area contributed by atoms with E-state index in [1.165, 1.54) is 12.8 Å². The van der Waals surface area contributed by atoms with Crippen LogP contribution in [0, 0.1) is 5.92 Å². The number of aliphatic hydroxyl groups excluding tert-OH is 1. The summed E-state index contributed by atoms with van der Waals surface area (Å²) < 4.78 is 5.24. The summed E-state index contributed by atoms with van der Waals surface area (Å²) in [6.45, 7) is 3.16. The average Bonchev–Trinajstić information content (AvgIpc) is 3.44. The maximum atomic E-state index is 12.4. The molecule has 2 aliphatic rings. The fraction of sp³-hybridized carbons (Fsp3) is 0.650. The second-order valence-corrected chi connectivity index (χ2v) is 7.27. The van der Waals surface area contributed by atoms with Gasteiger partial charge in [-0.1, -0.05) is 12.8 Å². The smallest absolute Gasteiger partial charge is 0.251 e. The third kappa shape index (κ3) is 4.95. The Balaban J connectivity index is 1.82. The van der Waals surface area contributed by atoms with Gasteiger partial charge in [0.05, 0.1) is 12.7 Å². The molecule has 0 aromatic heterocycles. The second-order valence-electron chi connectivity index (χ2n) is 7.27. The van der Waals surface area contributed by atoms with Crippen LogP contribution in [0.25, 0.3) is 0 Å². The van der Waals surface area contributed by atoms with Crippen molar-refractivity contribution in [2.45, 2.75) is 44.6 Å². The molecule has 1 aliphatic heterocycles. The van der Waals surface area contributed by atoms with Crippen molar-refractivity contribution in [3.05, 3.63) is 29.3 Å². The van der Waals surface area contributed by atoms with Crippen LogP contribution in [-0.4, -0.2) is 44.4 Å². The van der Waals surface area contributed by atoms with Gasteiger partial charge in [-0.05, 0) is 49.8 Å². The lowest BCUT2D eigenvalue weighted by Gasteiger charge is -2.28. The zero-order chi connectivity index (χ0) is 17.6. The van der Waals surface area contributed by atoms with Crippen LogP contribution in [0.3, 0.4) is 0 Å². The zero-order valence-electron chi connectivity index (χ0n) is 15.2. The summed E-state index contributed by atoms with van der Waals surface area (Å²) in [6, 6.07) is 5.75. The fourth-order valence-electron chi connectivity index (χ4n) is 3.44. The Morgan fingerprint density at radius 1 is 1.28 bits per heavy atom. The molecule has 0 spiro atoms. The first-order valence-corrected chi connectivity index (χ1v) is 9.53. The van der Waals surface area contributed by atoms with E-state index < -0.39 is 6.10 Å². The van der Waals surface area contributed by atoms with E-state index in [4.69, 9.17) is 4.74 Å². The lowest BCUT2D eigenvalue weighted by Crippen LogP contribution is -2.30.